The van der Waals surface area contributed by atoms with Crippen LogP contribution in [-0.4, -0.2) is 409 Å². The summed E-state index contributed by atoms with van der Waals surface area (Å²) in [6.45, 7) is 0.248. The molecule has 37 N–H and O–H groups in total. The summed E-state index contributed by atoms with van der Waals surface area (Å²) in [5.41, 5.74) is 42.6. The van der Waals surface area contributed by atoms with Crippen LogP contribution in [0.25, 0.3) is 0 Å². The molecule has 9 aliphatic rings. The van der Waals surface area contributed by atoms with Gasteiger partial charge < -0.3 is 138 Å². The SMILES string of the molecule is CC1(N)CN(S(=O)(=O)N2C[C@H](CCCB(O)O)[C@](N)(C(=O)O)C2)C1.NC1CN(S(=O)(=O)N2C[C@H](CCCB(O)O)[C@](N)(C(=O)O)C2)C1.N[C@@H](CNS(=O)(=O)N1C[C@H](CCCB(O)O)[C@](N)(C(=O)O)C1)C(=O)O.N[C@@]1(C(=O)O)CN(S(=O)(=O)N2CC3(CCC3)C2)C[C@@H]1CCCB(O)O.N[C@H](CNS(=O)(=O)N1C[C@H](CCCB(O)O)[C@](N)(C(=O)O)C1)C(=O)O. The molecule has 0 aromatic heterocycles. The van der Waals surface area contributed by atoms with Gasteiger partial charge in [0, 0.05) is 159 Å². The van der Waals surface area contributed by atoms with Crippen molar-refractivity contribution in [2.75, 3.05) is 118 Å². The number of aliphatic carboxylic acids is 7. The van der Waals surface area contributed by atoms with Crippen LogP contribution in [0, 0.1) is 35.0 Å². The fourth-order valence-corrected chi connectivity index (χ4v) is 24.2. The third-order valence-electron chi connectivity index (χ3n) is 23.7. The highest BCUT2D eigenvalue weighted by Gasteiger charge is 2.61. The minimum Gasteiger partial charge on any atom is -0.480 e. The van der Waals surface area contributed by atoms with E-state index in [1.54, 1.807) is 6.92 Å². The summed E-state index contributed by atoms with van der Waals surface area (Å²) >= 11 is 0. The van der Waals surface area contributed by atoms with Crippen LogP contribution in [0.4, 0.5) is 0 Å². The fourth-order valence-electron chi connectivity index (χ4n) is 15.7. The topological polar surface area (TPSA) is 918 Å². The van der Waals surface area contributed by atoms with Gasteiger partial charge in [0.25, 0.3) is 51.0 Å². The molecule has 700 valence electrons. The lowest BCUT2D eigenvalue weighted by atomic mass is 9.65. The maximum Gasteiger partial charge on any atom is 0.451 e. The average molecular weight is 1850 g/mol. The lowest BCUT2D eigenvalue weighted by Gasteiger charge is -2.55. The van der Waals surface area contributed by atoms with Crippen LogP contribution >= 0.6 is 0 Å². The number of hydrogen-bond acceptors (Lipinski definition) is 36. The molecule has 12 atom stereocenters. The first-order valence-corrected chi connectivity index (χ1v) is 46.1. The van der Waals surface area contributed by atoms with Crippen molar-refractivity contribution < 1.29 is 162 Å². The third-order valence-corrected chi connectivity index (χ3v) is 32.2. The van der Waals surface area contributed by atoms with Gasteiger partial charge in [-0.1, -0.05) is 38.5 Å². The Balaban J connectivity index is 0.000000271. The molecule has 8 heterocycles. The zero-order valence-electron chi connectivity index (χ0n) is 67.3. The molecule has 8 aliphatic heterocycles. The van der Waals surface area contributed by atoms with E-state index in [-0.39, 0.29) is 147 Å². The summed E-state index contributed by atoms with van der Waals surface area (Å²) in [7, 11) is -27.1. The molecule has 9 rings (SSSR count). The summed E-state index contributed by atoms with van der Waals surface area (Å²) in [5, 5.41) is 153. The van der Waals surface area contributed by atoms with E-state index in [4.69, 9.17) is 112 Å². The monoisotopic (exact) mass is 1850 g/mol. The summed E-state index contributed by atoms with van der Waals surface area (Å²) < 4.78 is 138. The molecule has 0 unspecified atom stereocenters. The van der Waals surface area contributed by atoms with Gasteiger partial charge in [-0.05, 0) is 88.9 Å². The molecule has 0 aromatic rings. The molecule has 0 radical (unpaired) electrons. The number of carbonyl (C=O) groups is 7. The largest absolute Gasteiger partial charge is 0.480 e. The predicted molar refractivity (Wildman–Crippen MR) is 433 cm³/mol. The Labute approximate surface area is 708 Å². The van der Waals surface area contributed by atoms with E-state index in [0.29, 0.717) is 51.6 Å². The normalized spacial score (nSPS) is 29.0. The highest BCUT2D eigenvalue weighted by atomic mass is 32.2. The van der Waals surface area contributed by atoms with Gasteiger partial charge in [0.15, 0.2) is 0 Å². The lowest BCUT2D eigenvalue weighted by molar-refractivity contribution is -0.145. The first-order chi connectivity index (χ1) is 55.8. The van der Waals surface area contributed by atoms with Crippen molar-refractivity contribution in [1.29, 1.82) is 0 Å². The van der Waals surface area contributed by atoms with E-state index in [0.717, 1.165) is 36.5 Å². The van der Waals surface area contributed by atoms with Crippen molar-refractivity contribution in [3.05, 3.63) is 0 Å². The Morgan fingerprint density at radius 2 is 0.574 bits per heavy atom. The van der Waals surface area contributed by atoms with E-state index < -0.39 is 230 Å². The average Bonchev–Trinajstić information content (AvgIpc) is 1.22. The Kier molecular flexibility index (Phi) is 38.0. The van der Waals surface area contributed by atoms with Crippen LogP contribution in [0.3, 0.4) is 0 Å². The Morgan fingerprint density at radius 3 is 0.770 bits per heavy atom. The highest BCUT2D eigenvalue weighted by Crippen LogP contribution is 2.50. The molecule has 1 saturated carbocycles. The molecular formula is C59H120B5N19O34S5. The minimum atomic E-state index is -4.17. The van der Waals surface area contributed by atoms with Crippen molar-refractivity contribution in [2.45, 2.75) is 173 Å². The zero-order valence-corrected chi connectivity index (χ0v) is 71.4. The number of carboxylic acid groups (broad SMARTS) is 7. The number of nitrogens with two attached hydrogens (primary N) is 9. The van der Waals surface area contributed by atoms with E-state index in [2.05, 4.69) is 0 Å². The van der Waals surface area contributed by atoms with Gasteiger partial charge >= 0.3 is 77.4 Å². The van der Waals surface area contributed by atoms with E-state index in [9.17, 15) is 101 Å². The van der Waals surface area contributed by atoms with Crippen LogP contribution < -0.4 is 61.0 Å². The van der Waals surface area contributed by atoms with Gasteiger partial charge in [-0.15, -0.1) is 0 Å². The molecule has 0 bridgehead atoms. The van der Waals surface area contributed by atoms with Crippen LogP contribution in [0.15, 0.2) is 0 Å². The molecule has 9 fully saturated rings. The quantitative estimate of drug-likeness (QED) is 0.0253. The first kappa shape index (κ1) is 108. The lowest BCUT2D eigenvalue weighted by Crippen LogP contribution is -2.68. The van der Waals surface area contributed by atoms with Crippen molar-refractivity contribution in [2.24, 2.45) is 86.6 Å². The van der Waals surface area contributed by atoms with Crippen molar-refractivity contribution >= 4 is 128 Å². The molecule has 63 heteroatoms. The smallest absolute Gasteiger partial charge is 0.451 e. The molecule has 1 aliphatic carbocycles. The van der Waals surface area contributed by atoms with Crippen molar-refractivity contribution in [3.8, 4) is 0 Å². The van der Waals surface area contributed by atoms with Crippen molar-refractivity contribution in [3.63, 3.8) is 0 Å². The summed E-state index contributed by atoms with van der Waals surface area (Å²) in [6.07, 6.45) is 6.37. The number of carboxylic acids is 7. The minimum absolute atomic E-state index is 0.00159. The predicted octanol–water partition coefficient (Wildman–Crippen LogP) is -14.8. The van der Waals surface area contributed by atoms with E-state index in [1.807, 2.05) is 9.44 Å². The number of hydrogen-bond donors (Lipinski definition) is 28. The Hall–Kier alpha value is -4.80. The van der Waals surface area contributed by atoms with Gasteiger partial charge in [0.1, 0.15) is 39.8 Å². The molecule has 8 saturated heterocycles. The first-order valence-electron chi connectivity index (χ1n) is 39.0. The van der Waals surface area contributed by atoms with Gasteiger partial charge in [0.05, 0.1) is 0 Å². The summed E-state index contributed by atoms with van der Waals surface area (Å²) in [5.74, 6) is -12.5. The molecule has 122 heavy (non-hydrogen) atoms. The van der Waals surface area contributed by atoms with Crippen LogP contribution in [-0.2, 0) is 84.6 Å². The second-order valence-corrected chi connectivity index (χ2v) is 42.8. The van der Waals surface area contributed by atoms with E-state index in [1.165, 1.54) is 17.2 Å². The van der Waals surface area contributed by atoms with Crippen LogP contribution in [0.2, 0.25) is 31.6 Å². The summed E-state index contributed by atoms with van der Waals surface area (Å²) in [4.78, 5) is 79.0. The standard InChI is InChI=1S/C14H26BN3O6S.C12H25BN4O6S.2C11H23BN4O8S.C11H23BN4O6S/c16-14(12(19)20)10-17(7-11(14)3-1-6-15(21)22)25(23,24)18-8-13(9-18)4-2-5-13;1-11(14)6-17(7-11)24(22,23)16-5-9(3-2-4-13(20)21)12(15,8-16)10(18)19;2*13-8(9(17)18)4-15-25(23,24)16-5-7(2-1-3-12(21)22)11(14,6-16)10(19)20;13-9-5-15(6-9)23(21,22)16-4-8(2-1-3-12(19)20)11(14,7-16)10(17)18/h11,21-22H,1-10,16H2,(H,19,20);9,20-21H,2-8,14-15H2,1H3,(H,18,19);2*7-8,15,21-22H,1-6,13-14H2,(H,17,18)(H,19,20);8-9,19-20H,1-7,13-14H2,(H,17,18)/t11-,14-;9-,12-;7-,8+,11-;7-,8-,11-;8-,11-/m00000/s1. The maximum absolute atomic E-state index is 12.8. The molecule has 53 nitrogen and oxygen atoms in total. The van der Waals surface area contributed by atoms with Crippen LogP contribution in [0.5, 0.6) is 0 Å². The molecule has 0 amide bonds. The Bertz CT molecular complexity index is 4090. The van der Waals surface area contributed by atoms with Crippen LogP contribution in [0.1, 0.15) is 90.4 Å². The third kappa shape index (κ3) is 27.4. The Morgan fingerprint density at radius 1 is 0.352 bits per heavy atom. The molecular weight excluding hydrogens is 1730 g/mol. The second kappa shape index (κ2) is 43.1. The fraction of sp³-hybridized carbons (Fsp3) is 0.881. The number of nitrogens with one attached hydrogen (secondary N) is 2. The van der Waals surface area contributed by atoms with E-state index >= 15 is 0 Å². The highest BCUT2D eigenvalue weighted by molar-refractivity contribution is 7.88. The second-order valence-electron chi connectivity index (χ2n) is 33.5. The molecule has 1 spiro atoms. The van der Waals surface area contributed by atoms with Gasteiger partial charge in [-0.2, -0.15) is 86.0 Å². The zero-order chi connectivity index (χ0) is 93.0. The number of nitrogens with zero attached hydrogens (tertiary/aromatic N) is 8. The van der Waals surface area contributed by atoms with Crippen molar-refractivity contribution in [1.82, 2.24) is 43.9 Å². The molecule has 0 aromatic carbocycles. The number of rotatable bonds is 41. The van der Waals surface area contributed by atoms with Gasteiger partial charge in [0.2, 0.25) is 0 Å². The maximum atomic E-state index is 12.8. The van der Waals surface area contributed by atoms with Gasteiger partial charge in [-0.3, -0.25) is 33.6 Å². The van der Waals surface area contributed by atoms with Gasteiger partial charge in [-0.25, -0.2) is 0 Å². The summed E-state index contributed by atoms with van der Waals surface area (Å²) in [6, 6.07) is -3.08.